The Bertz CT molecular complexity index is 2240. The zero-order valence-electron chi connectivity index (χ0n) is 27.5. The molecule has 8 heterocycles. The molecule has 0 amide bonds. The summed E-state index contributed by atoms with van der Waals surface area (Å²) in [6.45, 7) is 3.47. The van der Waals surface area contributed by atoms with Gasteiger partial charge in [0.05, 0.1) is 30.7 Å². The molecular formula is C37H30BrIN8O4S. The van der Waals surface area contributed by atoms with Crippen molar-refractivity contribution in [3.8, 4) is 34.4 Å². The van der Waals surface area contributed by atoms with Crippen LogP contribution in [0.2, 0.25) is 0 Å². The maximum absolute atomic E-state index is 6.24. The van der Waals surface area contributed by atoms with Crippen LogP contribution in [0.3, 0.4) is 0 Å². The van der Waals surface area contributed by atoms with Gasteiger partial charge in [-0.05, 0) is 92.6 Å². The molecule has 0 aliphatic carbocycles. The second kappa shape index (κ2) is 13.2. The summed E-state index contributed by atoms with van der Waals surface area (Å²) in [6.07, 6.45) is 7.22. The van der Waals surface area contributed by atoms with Crippen LogP contribution >= 0.6 is 50.3 Å². The highest BCUT2D eigenvalue weighted by Crippen LogP contribution is 2.54. The molecule has 5 aliphatic rings. The van der Waals surface area contributed by atoms with E-state index >= 15 is 0 Å². The number of nitrogens with two attached hydrogens (primary N) is 2. The fourth-order valence-electron chi connectivity index (χ4n) is 7.10. The zero-order chi connectivity index (χ0) is 35.5. The molecule has 1 fully saturated rings. The van der Waals surface area contributed by atoms with Gasteiger partial charge in [0.1, 0.15) is 23.6 Å². The Hall–Kier alpha value is -4.45. The fourth-order valence-corrected chi connectivity index (χ4v) is 8.88. The minimum atomic E-state index is -0.690. The maximum Gasteiger partial charge on any atom is 0.283 e. The van der Waals surface area contributed by atoms with E-state index in [9.17, 15) is 0 Å². The van der Waals surface area contributed by atoms with E-state index in [1.807, 2.05) is 54.9 Å². The number of hydrogen-bond acceptors (Lipinski definition) is 13. The molecule has 5 aromatic rings. The molecule has 2 atom stereocenters. The van der Waals surface area contributed by atoms with E-state index < -0.39 is 11.1 Å². The van der Waals surface area contributed by atoms with Crippen LogP contribution < -0.4 is 25.8 Å². The molecule has 3 aromatic heterocycles. The largest absolute Gasteiger partial charge is 0.462 e. The summed E-state index contributed by atoms with van der Waals surface area (Å²) in [5, 5.41) is 0.586. The van der Waals surface area contributed by atoms with Gasteiger partial charge in [-0.3, -0.25) is 4.98 Å². The van der Waals surface area contributed by atoms with Crippen molar-refractivity contribution < 1.29 is 18.9 Å². The molecule has 0 radical (unpaired) electrons. The lowest BCUT2D eigenvalue weighted by atomic mass is 9.82. The molecule has 15 heteroatoms. The Kier molecular flexibility index (Phi) is 8.47. The predicted octanol–water partition coefficient (Wildman–Crippen LogP) is 6.53. The van der Waals surface area contributed by atoms with Gasteiger partial charge in [0.25, 0.3) is 6.02 Å². The minimum Gasteiger partial charge on any atom is -0.462 e. The van der Waals surface area contributed by atoms with Crippen LogP contribution in [0.5, 0.6) is 23.3 Å². The van der Waals surface area contributed by atoms with Crippen LogP contribution in [0.4, 0.5) is 5.69 Å². The van der Waals surface area contributed by atoms with E-state index in [1.165, 1.54) is 0 Å². The van der Waals surface area contributed by atoms with Crippen molar-refractivity contribution in [3.63, 3.8) is 0 Å². The number of aliphatic imine (C=N–C) groups is 2. The van der Waals surface area contributed by atoms with Crippen molar-refractivity contribution in [2.45, 2.75) is 11.1 Å². The third-order valence-corrected chi connectivity index (χ3v) is 11.7. The minimum absolute atomic E-state index is 0.188. The summed E-state index contributed by atoms with van der Waals surface area (Å²) >= 11 is 7.29. The number of thioether (sulfide) groups is 1. The SMILES string of the molecule is NC1=NC2(CO1)c1cc(I)ccc1Oc1ncc(Br)cc12.NC1=NC2(CS1)c1cc(-c3cccnc3)ccc1Oc1ncc(N3CCOCC3)cc12. The van der Waals surface area contributed by atoms with Crippen LogP contribution in [0.25, 0.3) is 11.1 Å². The average Bonchev–Trinajstić information content (AvgIpc) is 3.76. The highest BCUT2D eigenvalue weighted by Gasteiger charge is 2.48. The monoisotopic (exact) mass is 888 g/mol. The molecule has 262 valence electrons. The Labute approximate surface area is 325 Å². The first-order valence-electron chi connectivity index (χ1n) is 16.5. The lowest BCUT2D eigenvalue weighted by Crippen LogP contribution is -2.37. The summed E-state index contributed by atoms with van der Waals surface area (Å²) in [5.74, 6) is 3.35. The average molecular weight is 890 g/mol. The van der Waals surface area contributed by atoms with E-state index in [4.69, 9.17) is 35.4 Å². The van der Waals surface area contributed by atoms with E-state index in [1.54, 1.807) is 24.2 Å². The van der Waals surface area contributed by atoms with Crippen LogP contribution in [-0.2, 0) is 20.6 Å². The van der Waals surface area contributed by atoms with E-state index in [0.29, 0.717) is 29.3 Å². The molecule has 4 N–H and O–H groups in total. The van der Waals surface area contributed by atoms with Gasteiger partial charge in [-0.25, -0.2) is 20.0 Å². The second-order valence-electron chi connectivity index (χ2n) is 12.6. The molecule has 5 aliphatic heterocycles. The summed E-state index contributed by atoms with van der Waals surface area (Å²) in [7, 11) is 0. The Morgan fingerprint density at radius 3 is 2.25 bits per heavy atom. The van der Waals surface area contributed by atoms with Gasteiger partial charge in [0.15, 0.2) is 10.7 Å². The van der Waals surface area contributed by atoms with E-state index in [-0.39, 0.29) is 6.02 Å². The summed E-state index contributed by atoms with van der Waals surface area (Å²) < 4.78 is 25.1. The van der Waals surface area contributed by atoms with Crippen molar-refractivity contribution in [2.24, 2.45) is 21.5 Å². The number of hydrogen-bond donors (Lipinski definition) is 2. The number of benzene rings is 2. The number of pyridine rings is 3. The van der Waals surface area contributed by atoms with Gasteiger partial charge in [0, 0.05) is 67.7 Å². The Morgan fingerprint density at radius 2 is 1.54 bits per heavy atom. The molecule has 12 nitrogen and oxygen atoms in total. The van der Waals surface area contributed by atoms with Gasteiger partial charge < -0.3 is 35.3 Å². The number of aromatic nitrogens is 3. The number of nitrogens with zero attached hydrogens (tertiary/aromatic N) is 6. The number of morpholine rings is 1. The van der Waals surface area contributed by atoms with E-state index in [2.05, 4.69) is 81.6 Å². The molecule has 2 aromatic carbocycles. The Balaban J connectivity index is 0.000000149. The van der Waals surface area contributed by atoms with Crippen molar-refractivity contribution in [1.82, 2.24) is 15.0 Å². The molecule has 0 bridgehead atoms. The fraction of sp³-hybridized carbons (Fsp3) is 0.216. The third-order valence-electron chi connectivity index (χ3n) is 9.60. The van der Waals surface area contributed by atoms with Crippen LogP contribution in [0.1, 0.15) is 22.3 Å². The summed E-state index contributed by atoms with van der Waals surface area (Å²) in [4.78, 5) is 25.1. The van der Waals surface area contributed by atoms with E-state index in [0.717, 1.165) is 84.9 Å². The van der Waals surface area contributed by atoms with Crippen LogP contribution in [0, 0.1) is 3.57 Å². The van der Waals surface area contributed by atoms with Gasteiger partial charge in [-0.15, -0.1) is 0 Å². The number of ether oxygens (including phenoxy) is 4. The van der Waals surface area contributed by atoms with Gasteiger partial charge >= 0.3 is 0 Å². The van der Waals surface area contributed by atoms with Crippen molar-refractivity contribution in [2.75, 3.05) is 43.6 Å². The zero-order valence-corrected chi connectivity index (χ0v) is 32.0. The molecule has 2 unspecified atom stereocenters. The van der Waals surface area contributed by atoms with Gasteiger partial charge in [-0.2, -0.15) is 0 Å². The highest BCUT2D eigenvalue weighted by molar-refractivity contribution is 14.1. The van der Waals surface area contributed by atoms with Crippen molar-refractivity contribution >= 4 is 67.2 Å². The smallest absolute Gasteiger partial charge is 0.283 e. The van der Waals surface area contributed by atoms with Crippen molar-refractivity contribution in [3.05, 3.63) is 116 Å². The number of fused-ring (bicyclic) bond motifs is 8. The summed E-state index contributed by atoms with van der Waals surface area (Å²) in [6, 6.07) is 20.5. The quantitative estimate of drug-likeness (QED) is 0.186. The second-order valence-corrected chi connectivity index (χ2v) is 15.8. The molecule has 2 spiro atoms. The maximum atomic E-state index is 6.24. The van der Waals surface area contributed by atoms with Crippen LogP contribution in [-0.4, -0.2) is 64.8 Å². The van der Waals surface area contributed by atoms with Gasteiger partial charge in [-0.1, -0.05) is 23.9 Å². The Morgan fingerprint density at radius 1 is 0.788 bits per heavy atom. The highest BCUT2D eigenvalue weighted by atomic mass is 127. The molecule has 1 saturated heterocycles. The predicted molar refractivity (Wildman–Crippen MR) is 211 cm³/mol. The molecule has 0 saturated carbocycles. The number of anilines is 1. The third kappa shape index (κ3) is 5.74. The first kappa shape index (κ1) is 33.4. The lowest BCUT2D eigenvalue weighted by molar-refractivity contribution is 0.122. The first-order chi connectivity index (χ1) is 25.3. The first-order valence-corrected chi connectivity index (χ1v) is 19.3. The lowest BCUT2D eigenvalue weighted by Gasteiger charge is -2.35. The van der Waals surface area contributed by atoms with Crippen LogP contribution in [0.15, 0.2) is 99.9 Å². The standard InChI is InChI=1S/C23H21N5O2S.C14H9BrIN3O2/c24-22-27-23(14-31-22)18-10-15(16-2-1-5-25-12-16)3-4-20(18)30-21-19(23)11-17(13-26-21)28-6-8-29-9-7-28;15-7-3-10-12(18-5-7)21-11-2-1-8(16)4-9(11)14(10)6-20-13(17)19-14/h1-5,10-13H,6-9,14H2,(H2,24,27);1-5H,6H2,(H2,17,19). The molecular weight excluding hydrogens is 859 g/mol. The number of halogens is 2. The normalized spacial score (nSPS) is 22.0. The molecule has 52 heavy (non-hydrogen) atoms. The number of rotatable bonds is 2. The molecule has 10 rings (SSSR count). The number of amidine groups is 2. The topological polar surface area (TPSA) is 156 Å². The summed E-state index contributed by atoms with van der Waals surface area (Å²) in [5.41, 5.74) is 17.6. The van der Waals surface area contributed by atoms with Gasteiger partial charge in [0.2, 0.25) is 11.8 Å². The van der Waals surface area contributed by atoms with Crippen molar-refractivity contribution in [1.29, 1.82) is 0 Å².